The van der Waals surface area contributed by atoms with Crippen molar-refractivity contribution >= 4 is 5.91 Å². The first-order valence-corrected chi connectivity index (χ1v) is 1.94. The molecule has 0 rings (SSSR count). The van der Waals surface area contributed by atoms with Gasteiger partial charge >= 0.3 is 0 Å². The van der Waals surface area contributed by atoms with Gasteiger partial charge in [-0.25, -0.2) is 14.6 Å². The van der Waals surface area contributed by atoms with Crippen LogP contribution in [0.2, 0.25) is 0 Å². The summed E-state index contributed by atoms with van der Waals surface area (Å²) in [6.07, 6.45) is -3.44. The highest BCUT2D eigenvalue weighted by molar-refractivity contribution is 5.75. The van der Waals surface area contributed by atoms with Gasteiger partial charge in [0.05, 0.1) is 6.42 Å². The van der Waals surface area contributed by atoms with Gasteiger partial charge in [0.2, 0.25) is 12.3 Å². The molecule has 0 aromatic heterocycles. The zero-order valence-electron chi connectivity index (χ0n) is 4.03. The second-order valence-electron chi connectivity index (χ2n) is 1.16. The lowest BCUT2D eigenvalue weighted by molar-refractivity contribution is -0.123. The Kier molecular flexibility index (Phi) is 3.02. The summed E-state index contributed by atoms with van der Waals surface area (Å²) in [4.78, 5) is 9.91. The molecule has 8 heavy (non-hydrogen) atoms. The minimum atomic E-state index is -2.61. The van der Waals surface area contributed by atoms with Crippen LogP contribution in [0.3, 0.4) is 0 Å². The topological polar surface area (TPSA) is 55.1 Å². The van der Waals surface area contributed by atoms with Crippen molar-refractivity contribution in [2.75, 3.05) is 0 Å². The molecular formula is C3H6F2N2O. The zero-order valence-corrected chi connectivity index (χ0v) is 4.03. The van der Waals surface area contributed by atoms with Crippen LogP contribution in [0.4, 0.5) is 8.78 Å². The number of nitrogens with one attached hydrogen (secondary N) is 1. The summed E-state index contributed by atoms with van der Waals surface area (Å²) < 4.78 is 22.3. The maximum Gasteiger partial charge on any atom is 0.247 e. The molecule has 0 aliphatic rings. The molecule has 0 fully saturated rings. The molecule has 0 saturated heterocycles. The molecule has 0 unspecified atom stereocenters. The average Bonchev–Trinajstić information content (AvgIpc) is 1.65. The number of hydrazine groups is 1. The summed E-state index contributed by atoms with van der Waals surface area (Å²) in [5, 5.41) is 0. The lowest BCUT2D eigenvalue weighted by Crippen LogP contribution is -2.31. The molecular weight excluding hydrogens is 118 g/mol. The Morgan fingerprint density at radius 3 is 2.38 bits per heavy atom. The van der Waals surface area contributed by atoms with Crippen LogP contribution < -0.4 is 11.3 Å². The number of rotatable bonds is 2. The molecule has 0 aliphatic carbocycles. The minimum absolute atomic E-state index is 0.823. The van der Waals surface area contributed by atoms with Gasteiger partial charge in [0.25, 0.3) is 0 Å². The fourth-order valence-corrected chi connectivity index (χ4v) is 0.199. The van der Waals surface area contributed by atoms with Crippen molar-refractivity contribution in [2.45, 2.75) is 12.8 Å². The van der Waals surface area contributed by atoms with Crippen LogP contribution in [-0.4, -0.2) is 12.3 Å². The van der Waals surface area contributed by atoms with Gasteiger partial charge < -0.3 is 0 Å². The Labute approximate surface area is 44.8 Å². The van der Waals surface area contributed by atoms with Crippen LogP contribution >= 0.6 is 0 Å². The lowest BCUT2D eigenvalue weighted by Gasteiger charge is -1.94. The minimum Gasteiger partial charge on any atom is -0.294 e. The Balaban J connectivity index is 3.25. The van der Waals surface area contributed by atoms with Crippen molar-refractivity contribution in [1.82, 2.24) is 5.43 Å². The van der Waals surface area contributed by atoms with E-state index in [1.165, 1.54) is 0 Å². The average molecular weight is 124 g/mol. The Bertz CT molecular complexity index is 85.4. The summed E-state index contributed by atoms with van der Waals surface area (Å²) in [7, 11) is 0. The van der Waals surface area contributed by atoms with Gasteiger partial charge in [0.1, 0.15) is 0 Å². The molecule has 0 radical (unpaired) electrons. The molecule has 0 atom stereocenters. The number of amides is 1. The number of nitrogens with two attached hydrogens (primary N) is 1. The van der Waals surface area contributed by atoms with E-state index in [1.54, 1.807) is 5.43 Å². The van der Waals surface area contributed by atoms with Crippen LogP contribution in [0.1, 0.15) is 6.42 Å². The van der Waals surface area contributed by atoms with Gasteiger partial charge in [-0.2, -0.15) is 0 Å². The fraction of sp³-hybridized carbons (Fsp3) is 0.667. The lowest BCUT2D eigenvalue weighted by atomic mass is 10.4. The molecule has 0 aromatic carbocycles. The predicted molar refractivity (Wildman–Crippen MR) is 23.0 cm³/mol. The van der Waals surface area contributed by atoms with E-state index in [0.29, 0.717) is 0 Å². The van der Waals surface area contributed by atoms with E-state index < -0.39 is 18.8 Å². The van der Waals surface area contributed by atoms with Crippen molar-refractivity contribution < 1.29 is 13.6 Å². The maximum atomic E-state index is 11.2. The van der Waals surface area contributed by atoms with Crippen LogP contribution in [0.25, 0.3) is 0 Å². The van der Waals surface area contributed by atoms with E-state index in [1.807, 2.05) is 0 Å². The highest BCUT2D eigenvalue weighted by Crippen LogP contribution is 1.96. The monoisotopic (exact) mass is 124 g/mol. The number of carbonyl (C=O) groups is 1. The summed E-state index contributed by atoms with van der Waals surface area (Å²) >= 11 is 0. The molecule has 0 aliphatic heterocycles. The molecule has 0 saturated carbocycles. The third kappa shape index (κ3) is 3.48. The summed E-state index contributed by atoms with van der Waals surface area (Å²) in [5.74, 6) is 3.64. The molecule has 0 bridgehead atoms. The van der Waals surface area contributed by atoms with Crippen molar-refractivity contribution in [2.24, 2.45) is 5.84 Å². The van der Waals surface area contributed by atoms with E-state index in [4.69, 9.17) is 0 Å². The molecule has 0 heterocycles. The van der Waals surface area contributed by atoms with Gasteiger partial charge in [-0.15, -0.1) is 0 Å². The smallest absolute Gasteiger partial charge is 0.247 e. The van der Waals surface area contributed by atoms with Gasteiger partial charge in [-0.1, -0.05) is 0 Å². The number of hydrogen-bond donors (Lipinski definition) is 2. The van der Waals surface area contributed by atoms with Gasteiger partial charge in [0.15, 0.2) is 0 Å². The first kappa shape index (κ1) is 7.29. The summed E-state index contributed by atoms with van der Waals surface area (Å²) in [6, 6.07) is 0. The van der Waals surface area contributed by atoms with Crippen molar-refractivity contribution in [3.05, 3.63) is 0 Å². The normalized spacial score (nSPS) is 9.50. The quantitative estimate of drug-likeness (QED) is 0.300. The Hall–Kier alpha value is -0.710. The molecule has 48 valence electrons. The zero-order chi connectivity index (χ0) is 6.57. The molecule has 3 N–H and O–H groups in total. The van der Waals surface area contributed by atoms with Crippen LogP contribution in [0, 0.1) is 0 Å². The molecule has 1 amide bonds. The second kappa shape index (κ2) is 3.31. The standard InChI is InChI=1S/C3H6F2N2O/c4-2(5)1-3(8)7-6/h2H,1,6H2,(H,7,8). The van der Waals surface area contributed by atoms with E-state index in [2.05, 4.69) is 5.84 Å². The Morgan fingerprint density at radius 2 is 2.25 bits per heavy atom. The molecule has 0 aromatic rings. The molecule has 5 heteroatoms. The van der Waals surface area contributed by atoms with E-state index in [0.717, 1.165) is 0 Å². The number of halogens is 2. The van der Waals surface area contributed by atoms with Crippen molar-refractivity contribution in [3.8, 4) is 0 Å². The SMILES string of the molecule is NNC(=O)CC(F)F. The van der Waals surface area contributed by atoms with Crippen molar-refractivity contribution in [1.29, 1.82) is 0 Å². The van der Waals surface area contributed by atoms with Crippen LogP contribution in [-0.2, 0) is 4.79 Å². The third-order valence-corrected chi connectivity index (χ3v) is 0.501. The third-order valence-electron chi connectivity index (χ3n) is 0.501. The number of hydrogen-bond acceptors (Lipinski definition) is 2. The second-order valence-corrected chi connectivity index (χ2v) is 1.16. The van der Waals surface area contributed by atoms with Gasteiger partial charge in [-0.3, -0.25) is 10.2 Å². The Morgan fingerprint density at radius 1 is 1.75 bits per heavy atom. The molecule has 0 spiro atoms. The highest BCUT2D eigenvalue weighted by atomic mass is 19.3. The predicted octanol–water partition coefficient (Wildman–Crippen LogP) is -0.369. The van der Waals surface area contributed by atoms with E-state index in [9.17, 15) is 13.6 Å². The van der Waals surface area contributed by atoms with E-state index in [-0.39, 0.29) is 0 Å². The number of alkyl halides is 2. The summed E-state index contributed by atoms with van der Waals surface area (Å²) in [6.45, 7) is 0. The summed E-state index contributed by atoms with van der Waals surface area (Å²) in [5.41, 5.74) is 1.58. The highest BCUT2D eigenvalue weighted by Gasteiger charge is 2.07. The van der Waals surface area contributed by atoms with Crippen LogP contribution in [0.15, 0.2) is 0 Å². The number of carbonyl (C=O) groups excluding carboxylic acids is 1. The first-order chi connectivity index (χ1) is 3.66. The van der Waals surface area contributed by atoms with Gasteiger partial charge in [0, 0.05) is 0 Å². The fourth-order valence-electron chi connectivity index (χ4n) is 0.199. The largest absolute Gasteiger partial charge is 0.294 e. The molecule has 3 nitrogen and oxygen atoms in total. The van der Waals surface area contributed by atoms with Crippen LogP contribution in [0.5, 0.6) is 0 Å². The van der Waals surface area contributed by atoms with Crippen molar-refractivity contribution in [3.63, 3.8) is 0 Å². The first-order valence-electron chi connectivity index (χ1n) is 1.94. The van der Waals surface area contributed by atoms with E-state index >= 15 is 0 Å². The van der Waals surface area contributed by atoms with Gasteiger partial charge in [-0.05, 0) is 0 Å². The maximum absolute atomic E-state index is 11.2.